The van der Waals surface area contributed by atoms with E-state index in [4.69, 9.17) is 23.1 Å². The lowest BCUT2D eigenvalue weighted by Crippen LogP contribution is -2.53. The van der Waals surface area contributed by atoms with Crippen molar-refractivity contribution in [2.75, 3.05) is 31.1 Å². The lowest BCUT2D eigenvalue weighted by atomic mass is 9.88. The topological polar surface area (TPSA) is 165 Å². The van der Waals surface area contributed by atoms with Crippen molar-refractivity contribution in [3.8, 4) is 0 Å². The van der Waals surface area contributed by atoms with E-state index in [1.54, 1.807) is 12.4 Å². The average molecular weight is 458 g/mol. The summed E-state index contributed by atoms with van der Waals surface area (Å²) in [7, 11) is 0. The molecule has 0 saturated carbocycles. The van der Waals surface area contributed by atoms with E-state index in [2.05, 4.69) is 30.6 Å². The van der Waals surface area contributed by atoms with E-state index in [-0.39, 0.29) is 33.9 Å². The zero-order chi connectivity index (χ0) is 22.7. The molecule has 0 bridgehead atoms. The van der Waals surface area contributed by atoms with Gasteiger partial charge < -0.3 is 27.0 Å². The number of halogens is 1. The number of likely N-dealkylation sites (tertiary alicyclic amines) is 1. The largest absolute Gasteiger partial charge is 0.382 e. The van der Waals surface area contributed by atoms with Crippen LogP contribution in [0.1, 0.15) is 35.3 Å². The summed E-state index contributed by atoms with van der Waals surface area (Å²) in [6.07, 6.45) is 6.11. The maximum atomic E-state index is 12.6. The fourth-order valence-corrected chi connectivity index (χ4v) is 3.98. The monoisotopic (exact) mass is 457 g/mol. The molecule has 2 amide bonds. The van der Waals surface area contributed by atoms with E-state index >= 15 is 0 Å². The number of hydrogen-bond donors (Lipinski definition) is 4. The predicted molar refractivity (Wildman–Crippen MR) is 120 cm³/mol. The van der Waals surface area contributed by atoms with Gasteiger partial charge in [0.2, 0.25) is 5.91 Å². The van der Waals surface area contributed by atoms with Crippen LogP contribution in [0.15, 0.2) is 29.5 Å². The van der Waals surface area contributed by atoms with Gasteiger partial charge in [-0.3, -0.25) is 14.6 Å². The number of aromatic nitrogens is 3. The number of nitrogens with zero attached hydrogens (tertiary/aromatic N) is 5. The average Bonchev–Trinajstić information content (AvgIpc) is 3.17. The highest BCUT2D eigenvalue weighted by Gasteiger charge is 2.40. The fourth-order valence-electron chi connectivity index (χ4n) is 3.85. The lowest BCUT2D eigenvalue weighted by molar-refractivity contribution is -0.132. The normalized spacial score (nSPS) is 18.4. The second-order valence-corrected chi connectivity index (χ2v) is 8.26. The number of amides is 2. The van der Waals surface area contributed by atoms with E-state index < -0.39 is 5.91 Å². The number of carbonyl (C=O) groups is 2. The highest BCUT2D eigenvalue weighted by atomic mass is 35.5. The number of aliphatic imine (C=N–C) groups is 1. The molecule has 4 heterocycles. The molecular weight excluding hydrogens is 434 g/mol. The highest BCUT2D eigenvalue weighted by molar-refractivity contribution is 6.31. The van der Waals surface area contributed by atoms with Crippen LogP contribution in [0.25, 0.3) is 0 Å². The van der Waals surface area contributed by atoms with Crippen LogP contribution in [-0.4, -0.2) is 62.8 Å². The second kappa shape index (κ2) is 8.95. The number of anilines is 2. The molecule has 2 fully saturated rings. The van der Waals surface area contributed by atoms with Gasteiger partial charge in [-0.15, -0.1) is 0 Å². The van der Waals surface area contributed by atoms with Crippen LogP contribution in [-0.2, 0) is 11.2 Å². The zero-order valence-electron chi connectivity index (χ0n) is 17.3. The number of hydrogen-bond acceptors (Lipinski definition) is 7. The minimum atomic E-state index is -0.674. The standard InChI is InChI=1S/C20H24ClN9O2/c21-15-17(23)27-16(22)14(26-15)18(32)28-19-25-11-20(29-19)5-8-30(9-6-20)13(31)4-3-12-2-1-7-24-10-12/h1-2,7,10H,3-6,8-9,11H2,(H4,22,23,27)(H2,25,28,29,32). The molecule has 0 aromatic carbocycles. The fraction of sp³-hybridized carbons (Fsp3) is 0.400. The molecule has 11 nitrogen and oxygen atoms in total. The predicted octanol–water partition coefficient (Wildman–Crippen LogP) is 0.372. The molecule has 0 atom stereocenters. The Morgan fingerprint density at radius 2 is 2.00 bits per heavy atom. The molecule has 0 radical (unpaired) electrons. The van der Waals surface area contributed by atoms with Crippen molar-refractivity contribution < 1.29 is 9.59 Å². The number of aryl methyl sites for hydroxylation is 1. The van der Waals surface area contributed by atoms with Gasteiger partial charge in [0, 0.05) is 38.4 Å². The van der Waals surface area contributed by atoms with Crippen LogP contribution in [0.3, 0.4) is 0 Å². The number of guanidine groups is 1. The number of rotatable bonds is 4. The third-order valence-electron chi connectivity index (χ3n) is 5.72. The maximum Gasteiger partial charge on any atom is 0.302 e. The summed E-state index contributed by atoms with van der Waals surface area (Å²) in [6.45, 7) is 1.86. The summed E-state index contributed by atoms with van der Waals surface area (Å²) in [5, 5.41) is 6.31. The van der Waals surface area contributed by atoms with E-state index in [0.717, 1.165) is 18.4 Å². The van der Waals surface area contributed by atoms with Crippen molar-refractivity contribution in [1.82, 2.24) is 30.5 Å². The number of nitrogen functional groups attached to an aromatic ring is 2. The molecule has 2 saturated heterocycles. The Morgan fingerprint density at radius 3 is 2.72 bits per heavy atom. The van der Waals surface area contributed by atoms with Crippen LogP contribution in [0, 0.1) is 0 Å². The molecule has 0 aliphatic carbocycles. The molecule has 0 unspecified atom stereocenters. The molecule has 168 valence electrons. The molecule has 12 heteroatoms. The number of nitrogens with two attached hydrogens (primary N) is 2. The summed E-state index contributed by atoms with van der Waals surface area (Å²) < 4.78 is 0. The summed E-state index contributed by atoms with van der Waals surface area (Å²) in [5.41, 5.74) is 11.9. The van der Waals surface area contributed by atoms with Gasteiger partial charge in [0.05, 0.1) is 5.54 Å². The van der Waals surface area contributed by atoms with E-state index in [9.17, 15) is 9.59 Å². The summed E-state index contributed by atoms with van der Waals surface area (Å²) in [4.78, 5) is 42.7. The summed E-state index contributed by atoms with van der Waals surface area (Å²) in [6, 6.07) is 3.84. The maximum absolute atomic E-state index is 12.6. The van der Waals surface area contributed by atoms with Crippen molar-refractivity contribution in [1.29, 1.82) is 0 Å². The minimum absolute atomic E-state index is 0.0498. The van der Waals surface area contributed by atoms with Gasteiger partial charge in [-0.1, -0.05) is 17.7 Å². The first-order chi connectivity index (χ1) is 15.3. The van der Waals surface area contributed by atoms with Crippen molar-refractivity contribution in [3.63, 3.8) is 0 Å². The van der Waals surface area contributed by atoms with Gasteiger partial charge in [-0.25, -0.2) is 9.97 Å². The SMILES string of the molecule is Nc1nc(N)c(C(=O)/N=C2\NCC3(CCN(C(=O)CCc4cccnc4)CC3)N2)nc1Cl. The first-order valence-electron chi connectivity index (χ1n) is 10.3. The Kier molecular flexibility index (Phi) is 6.08. The first-order valence-corrected chi connectivity index (χ1v) is 10.6. The van der Waals surface area contributed by atoms with Crippen LogP contribution in [0.5, 0.6) is 0 Å². The van der Waals surface area contributed by atoms with E-state index in [0.29, 0.717) is 38.4 Å². The van der Waals surface area contributed by atoms with Crippen LogP contribution < -0.4 is 22.1 Å². The smallest absolute Gasteiger partial charge is 0.302 e. The Hall–Kier alpha value is -3.47. The summed E-state index contributed by atoms with van der Waals surface area (Å²) in [5.74, 6) is -0.390. The number of piperidine rings is 1. The van der Waals surface area contributed by atoms with Gasteiger partial charge in [0.1, 0.15) is 0 Å². The Morgan fingerprint density at radius 1 is 1.22 bits per heavy atom. The Balaban J connectivity index is 1.32. The third-order valence-corrected chi connectivity index (χ3v) is 6.00. The van der Waals surface area contributed by atoms with Crippen molar-refractivity contribution in [2.45, 2.75) is 31.2 Å². The van der Waals surface area contributed by atoms with Gasteiger partial charge in [0.15, 0.2) is 28.4 Å². The van der Waals surface area contributed by atoms with Gasteiger partial charge in [0.25, 0.3) is 0 Å². The molecule has 2 aromatic heterocycles. The Labute approximate surface area is 189 Å². The molecule has 32 heavy (non-hydrogen) atoms. The quantitative estimate of drug-likeness (QED) is 0.507. The third kappa shape index (κ3) is 4.72. The van der Waals surface area contributed by atoms with Crippen molar-refractivity contribution in [2.24, 2.45) is 4.99 Å². The van der Waals surface area contributed by atoms with Crippen LogP contribution in [0.4, 0.5) is 11.6 Å². The molecule has 2 aliphatic heterocycles. The molecule has 2 aliphatic rings. The van der Waals surface area contributed by atoms with E-state index in [1.165, 1.54) is 0 Å². The second-order valence-electron chi connectivity index (χ2n) is 7.90. The molecule has 1 spiro atoms. The van der Waals surface area contributed by atoms with E-state index in [1.807, 2.05) is 17.0 Å². The highest BCUT2D eigenvalue weighted by Crippen LogP contribution is 2.25. The molecule has 2 aromatic rings. The minimum Gasteiger partial charge on any atom is -0.382 e. The lowest BCUT2D eigenvalue weighted by Gasteiger charge is -2.38. The molecule has 6 N–H and O–H groups in total. The number of pyridine rings is 1. The Bertz CT molecular complexity index is 1050. The van der Waals surface area contributed by atoms with Crippen molar-refractivity contribution in [3.05, 3.63) is 40.9 Å². The van der Waals surface area contributed by atoms with Crippen LogP contribution in [0.2, 0.25) is 5.15 Å². The zero-order valence-corrected chi connectivity index (χ0v) is 18.1. The van der Waals surface area contributed by atoms with Gasteiger partial charge in [-0.05, 0) is 30.9 Å². The number of nitrogens with one attached hydrogen (secondary N) is 2. The first kappa shape index (κ1) is 21.8. The van der Waals surface area contributed by atoms with Crippen LogP contribution >= 0.6 is 11.6 Å². The number of carbonyl (C=O) groups excluding carboxylic acids is 2. The molecular formula is C20H24ClN9O2. The van der Waals surface area contributed by atoms with Crippen molar-refractivity contribution >= 4 is 41.0 Å². The van der Waals surface area contributed by atoms with Gasteiger partial charge in [-0.2, -0.15) is 4.99 Å². The summed E-state index contributed by atoms with van der Waals surface area (Å²) >= 11 is 5.84. The molecule has 4 rings (SSSR count). The van der Waals surface area contributed by atoms with Gasteiger partial charge >= 0.3 is 5.91 Å².